The number of carbonyl (C=O) groups is 3. The maximum absolute atomic E-state index is 13.4. The lowest BCUT2D eigenvalue weighted by Crippen LogP contribution is -2.30. The first-order valence-electron chi connectivity index (χ1n) is 15.4. The van der Waals surface area contributed by atoms with Gasteiger partial charge in [0, 0.05) is 27.1 Å². The molecule has 0 aliphatic rings. The number of hydrogen-bond acceptors (Lipinski definition) is 7. The minimum Gasteiger partial charge on any atom is -0.496 e. The van der Waals surface area contributed by atoms with Crippen molar-refractivity contribution in [3.8, 4) is 17.0 Å². The van der Waals surface area contributed by atoms with E-state index in [1.807, 2.05) is 79.0 Å². The van der Waals surface area contributed by atoms with E-state index >= 15 is 0 Å². The molecule has 0 spiro atoms. The number of anilines is 2. The summed E-state index contributed by atoms with van der Waals surface area (Å²) in [5.74, 6) is 0.0617. The molecule has 10 heteroatoms. The average Bonchev–Trinajstić information content (AvgIpc) is 3.57. The number of methoxy groups -OCH3 is 1. The summed E-state index contributed by atoms with van der Waals surface area (Å²) in [5.41, 5.74) is 4.64. The second kappa shape index (κ2) is 16.1. The molecule has 0 aliphatic heterocycles. The van der Waals surface area contributed by atoms with E-state index in [2.05, 4.69) is 34.8 Å². The van der Waals surface area contributed by atoms with Crippen LogP contribution in [0.15, 0.2) is 119 Å². The summed E-state index contributed by atoms with van der Waals surface area (Å²) < 4.78 is 5.43. The third kappa shape index (κ3) is 8.99. The highest BCUT2D eigenvalue weighted by Gasteiger charge is 2.19. The lowest BCUT2D eigenvalue weighted by molar-refractivity contribution is -0.115. The molecule has 5 rings (SSSR count). The number of rotatable bonds is 12. The fourth-order valence-corrected chi connectivity index (χ4v) is 6.26. The highest BCUT2D eigenvalue weighted by atomic mass is 32.2. The van der Waals surface area contributed by atoms with Gasteiger partial charge in [-0.1, -0.05) is 68.4 Å². The summed E-state index contributed by atoms with van der Waals surface area (Å²) >= 11 is 2.74. The van der Waals surface area contributed by atoms with Gasteiger partial charge in [0.15, 0.2) is 5.13 Å². The molecule has 1 unspecified atom stereocenters. The largest absolute Gasteiger partial charge is 0.496 e. The number of carbonyl (C=O) groups excluding carboxylic acids is 3. The lowest BCUT2D eigenvalue weighted by atomic mass is 10.0. The Hall–Kier alpha value is -5.19. The van der Waals surface area contributed by atoms with Crippen LogP contribution in [-0.4, -0.2) is 35.1 Å². The first-order valence-corrected chi connectivity index (χ1v) is 17.1. The smallest absolute Gasteiger partial charge is 0.272 e. The molecule has 3 amide bonds. The van der Waals surface area contributed by atoms with Crippen molar-refractivity contribution in [3.63, 3.8) is 0 Å². The Morgan fingerprint density at radius 2 is 1.52 bits per heavy atom. The van der Waals surface area contributed by atoms with Crippen LogP contribution >= 0.6 is 23.1 Å². The minimum absolute atomic E-state index is 0.112. The Bertz CT molecular complexity index is 1900. The van der Waals surface area contributed by atoms with Crippen molar-refractivity contribution in [2.75, 3.05) is 17.7 Å². The molecule has 1 aromatic heterocycles. The maximum Gasteiger partial charge on any atom is 0.272 e. The number of aromatic nitrogens is 1. The molecule has 3 N–H and O–H groups in total. The van der Waals surface area contributed by atoms with Crippen molar-refractivity contribution in [3.05, 3.63) is 131 Å². The van der Waals surface area contributed by atoms with E-state index in [0.29, 0.717) is 28.0 Å². The zero-order valence-corrected chi connectivity index (χ0v) is 28.7. The Balaban J connectivity index is 1.22. The lowest BCUT2D eigenvalue weighted by Gasteiger charge is -2.13. The summed E-state index contributed by atoms with van der Waals surface area (Å²) in [6.45, 7) is 6.06. The van der Waals surface area contributed by atoms with E-state index in [4.69, 9.17) is 4.74 Å². The number of ether oxygens (including phenoxy) is 1. The molecule has 0 bridgehead atoms. The Morgan fingerprint density at radius 3 is 2.21 bits per heavy atom. The minimum atomic E-state index is -0.462. The average molecular weight is 677 g/mol. The number of nitrogens with zero attached hydrogens (tertiary/aromatic N) is 1. The SMILES string of the molecule is COc1ccccc1-c1csc(NC(=O)C(C)Sc2ccc(NC(=O)/C(=C/c3ccc(C(C)C)cc3)NC(=O)c3ccccc3)cc2)n1. The molecule has 8 nitrogen and oxygen atoms in total. The molecule has 244 valence electrons. The van der Waals surface area contributed by atoms with E-state index in [1.165, 1.54) is 28.7 Å². The van der Waals surface area contributed by atoms with Crippen molar-refractivity contribution < 1.29 is 19.1 Å². The van der Waals surface area contributed by atoms with Gasteiger partial charge in [0.25, 0.3) is 11.8 Å². The van der Waals surface area contributed by atoms with Crippen LogP contribution in [0.4, 0.5) is 10.8 Å². The molecule has 0 fully saturated rings. The Labute approximate surface area is 288 Å². The van der Waals surface area contributed by atoms with E-state index in [0.717, 1.165) is 21.7 Å². The van der Waals surface area contributed by atoms with Crippen molar-refractivity contribution in [1.29, 1.82) is 0 Å². The summed E-state index contributed by atoms with van der Waals surface area (Å²) in [6, 6.07) is 31.4. The molecular weight excluding hydrogens is 641 g/mol. The monoisotopic (exact) mass is 676 g/mol. The van der Waals surface area contributed by atoms with Gasteiger partial charge in [0.1, 0.15) is 11.4 Å². The Morgan fingerprint density at radius 1 is 0.833 bits per heavy atom. The van der Waals surface area contributed by atoms with Gasteiger partial charge in [0.2, 0.25) is 5.91 Å². The third-order valence-electron chi connectivity index (χ3n) is 7.35. The topological polar surface area (TPSA) is 109 Å². The standard InChI is InChI=1S/C38H36N4O4S2/c1-24(2)27-16-14-26(15-17-27)22-32(40-36(44)28-10-6-5-7-11-28)37(45)39-29-18-20-30(21-19-29)48-25(3)35(43)42-38-41-33(23-47-38)31-12-8-9-13-34(31)46-4/h5-25H,1-4H3,(H,39,45)(H,40,44)(H,41,42,43)/b32-22-. The number of amides is 3. The van der Waals surface area contributed by atoms with E-state index in [1.54, 1.807) is 49.6 Å². The van der Waals surface area contributed by atoms with Gasteiger partial charge < -0.3 is 20.7 Å². The maximum atomic E-state index is 13.4. The van der Waals surface area contributed by atoms with E-state index in [-0.39, 0.29) is 17.5 Å². The van der Waals surface area contributed by atoms with Gasteiger partial charge >= 0.3 is 0 Å². The van der Waals surface area contributed by atoms with Crippen LogP contribution < -0.4 is 20.7 Å². The molecule has 0 radical (unpaired) electrons. The summed E-state index contributed by atoms with van der Waals surface area (Å²) in [6.07, 6.45) is 1.66. The van der Waals surface area contributed by atoms with Crippen molar-refractivity contribution in [2.24, 2.45) is 0 Å². The van der Waals surface area contributed by atoms with Gasteiger partial charge in [0.05, 0.1) is 18.1 Å². The number of thioether (sulfide) groups is 1. The summed E-state index contributed by atoms with van der Waals surface area (Å²) in [7, 11) is 1.61. The molecule has 1 atom stereocenters. The quantitative estimate of drug-likeness (QED) is 0.0904. The highest BCUT2D eigenvalue weighted by molar-refractivity contribution is 8.00. The zero-order valence-electron chi connectivity index (χ0n) is 27.0. The molecule has 4 aromatic carbocycles. The highest BCUT2D eigenvalue weighted by Crippen LogP contribution is 2.32. The molecular formula is C38H36N4O4S2. The molecule has 0 saturated heterocycles. The van der Waals surface area contributed by atoms with Crippen molar-refractivity contribution in [2.45, 2.75) is 36.8 Å². The number of para-hydroxylation sites is 1. The van der Waals surface area contributed by atoms with Crippen molar-refractivity contribution >= 4 is 57.7 Å². The van der Waals surface area contributed by atoms with Gasteiger partial charge in [-0.3, -0.25) is 14.4 Å². The second-order valence-electron chi connectivity index (χ2n) is 11.2. The van der Waals surface area contributed by atoms with Crippen LogP contribution in [0.3, 0.4) is 0 Å². The number of thiazole rings is 1. The predicted octanol–water partition coefficient (Wildman–Crippen LogP) is 8.47. The van der Waals surface area contributed by atoms with Crippen LogP contribution in [0.1, 0.15) is 48.2 Å². The molecule has 48 heavy (non-hydrogen) atoms. The third-order valence-corrected chi connectivity index (χ3v) is 9.22. The molecule has 0 aliphatic carbocycles. The summed E-state index contributed by atoms with van der Waals surface area (Å²) in [5, 5.41) is 10.5. The van der Waals surface area contributed by atoms with Crippen LogP contribution in [0.25, 0.3) is 17.3 Å². The Kier molecular flexibility index (Phi) is 11.4. The molecule has 0 saturated carbocycles. The fraction of sp³-hybridized carbons (Fsp3) is 0.158. The fourth-order valence-electron chi connectivity index (χ4n) is 4.68. The number of hydrogen-bond donors (Lipinski definition) is 3. The summed E-state index contributed by atoms with van der Waals surface area (Å²) in [4.78, 5) is 44.8. The predicted molar refractivity (Wildman–Crippen MR) is 196 cm³/mol. The van der Waals surface area contributed by atoms with Crippen LogP contribution in [0.5, 0.6) is 5.75 Å². The zero-order chi connectivity index (χ0) is 34.0. The number of benzene rings is 4. The van der Waals surface area contributed by atoms with E-state index in [9.17, 15) is 14.4 Å². The van der Waals surface area contributed by atoms with Crippen LogP contribution in [-0.2, 0) is 9.59 Å². The van der Waals surface area contributed by atoms with Gasteiger partial charge in [-0.25, -0.2) is 4.98 Å². The van der Waals surface area contributed by atoms with Crippen LogP contribution in [0, 0.1) is 0 Å². The molecule has 5 aromatic rings. The van der Waals surface area contributed by atoms with Gasteiger partial charge in [-0.05, 0) is 78.6 Å². The number of nitrogens with one attached hydrogen (secondary N) is 3. The van der Waals surface area contributed by atoms with Gasteiger partial charge in [-0.2, -0.15) is 0 Å². The molecule has 1 heterocycles. The first kappa shape index (κ1) is 34.2. The van der Waals surface area contributed by atoms with E-state index < -0.39 is 11.2 Å². The normalized spacial score (nSPS) is 11.9. The van der Waals surface area contributed by atoms with Gasteiger partial charge in [-0.15, -0.1) is 23.1 Å². The first-order chi connectivity index (χ1) is 23.2. The van der Waals surface area contributed by atoms with Crippen molar-refractivity contribution in [1.82, 2.24) is 10.3 Å². The van der Waals surface area contributed by atoms with Crippen LogP contribution in [0.2, 0.25) is 0 Å². The second-order valence-corrected chi connectivity index (χ2v) is 13.4.